The minimum atomic E-state index is -3.41. The van der Waals surface area contributed by atoms with E-state index in [1.54, 1.807) is 18.2 Å². The van der Waals surface area contributed by atoms with Crippen molar-refractivity contribution in [2.45, 2.75) is 6.42 Å². The predicted molar refractivity (Wildman–Crippen MR) is 61.0 cm³/mol. The Morgan fingerprint density at radius 2 is 1.80 bits per heavy atom. The van der Waals surface area contributed by atoms with Crippen LogP contribution in [0.25, 0.3) is 0 Å². The second-order valence-electron chi connectivity index (χ2n) is 2.98. The van der Waals surface area contributed by atoms with Crippen molar-refractivity contribution < 1.29 is 12.6 Å². The minimum Gasteiger partial charge on any atom is -0.270 e. The molecule has 0 spiro atoms. The van der Waals surface area contributed by atoms with Gasteiger partial charge in [0.2, 0.25) is 0 Å². The Balaban J connectivity index is 2.66. The van der Waals surface area contributed by atoms with E-state index in [9.17, 15) is 8.42 Å². The lowest BCUT2D eigenvalue weighted by molar-refractivity contribution is 0.326. The maximum atomic E-state index is 10.7. The van der Waals surface area contributed by atoms with Crippen LogP contribution < -0.4 is 0 Å². The quantitative estimate of drug-likeness (QED) is 0.789. The minimum absolute atomic E-state index is 0.0439. The molecule has 0 bridgehead atoms. The fourth-order valence-electron chi connectivity index (χ4n) is 1.07. The molecule has 0 aliphatic heterocycles. The largest absolute Gasteiger partial charge is 0.270 e. The van der Waals surface area contributed by atoms with Gasteiger partial charge in [-0.15, -0.1) is 0 Å². The molecule has 6 heteroatoms. The third-order valence-corrected chi connectivity index (χ3v) is 3.01. The van der Waals surface area contributed by atoms with Gasteiger partial charge in [-0.05, 0) is 17.7 Å². The van der Waals surface area contributed by atoms with Gasteiger partial charge < -0.3 is 0 Å². The zero-order valence-electron chi connectivity index (χ0n) is 8.04. The third-order valence-electron chi connectivity index (χ3n) is 1.71. The maximum absolute atomic E-state index is 10.7. The topological polar surface area (TPSA) is 43.4 Å². The lowest BCUT2D eigenvalue weighted by Gasteiger charge is -2.06. The van der Waals surface area contributed by atoms with Gasteiger partial charge in [0.05, 0.1) is 12.9 Å². The zero-order chi connectivity index (χ0) is 11.5. The van der Waals surface area contributed by atoms with E-state index in [2.05, 4.69) is 4.18 Å². The first-order chi connectivity index (χ1) is 6.90. The number of rotatable bonds is 4. The van der Waals surface area contributed by atoms with Crippen molar-refractivity contribution in [2.75, 3.05) is 12.9 Å². The zero-order valence-corrected chi connectivity index (χ0v) is 10.4. The molecule has 3 nitrogen and oxygen atoms in total. The van der Waals surface area contributed by atoms with Crippen molar-refractivity contribution in [2.24, 2.45) is 0 Å². The van der Waals surface area contributed by atoms with Crippen LogP contribution in [0.4, 0.5) is 0 Å². The molecule has 0 aliphatic rings. The maximum Gasteiger partial charge on any atom is 0.264 e. The molecule has 0 fully saturated rings. The highest BCUT2D eigenvalue weighted by molar-refractivity contribution is 7.85. The lowest BCUT2D eigenvalue weighted by atomic mass is 10.2. The Hall–Kier alpha value is -0.290. The second-order valence-corrected chi connectivity index (χ2v) is 5.43. The van der Waals surface area contributed by atoms with Gasteiger partial charge in [0.15, 0.2) is 0 Å². The summed E-state index contributed by atoms with van der Waals surface area (Å²) >= 11 is 11.8. The van der Waals surface area contributed by atoms with Crippen LogP contribution in [0.2, 0.25) is 10.0 Å². The molecule has 0 aliphatic carbocycles. The van der Waals surface area contributed by atoms with Crippen LogP contribution in [0, 0.1) is 0 Å². The SMILES string of the molecule is CS(=O)(=O)OCCc1c(Cl)cccc1Cl. The normalized spacial score (nSPS) is 11.7. The molecule has 1 aromatic carbocycles. The number of benzene rings is 1. The molecule has 15 heavy (non-hydrogen) atoms. The van der Waals surface area contributed by atoms with Crippen molar-refractivity contribution in [1.29, 1.82) is 0 Å². The third kappa shape index (κ3) is 4.38. The predicted octanol–water partition coefficient (Wildman–Crippen LogP) is 2.51. The van der Waals surface area contributed by atoms with Crippen LogP contribution in [0.1, 0.15) is 5.56 Å². The molecular formula is C9H10Cl2O3S. The highest BCUT2D eigenvalue weighted by Gasteiger charge is 2.07. The summed E-state index contributed by atoms with van der Waals surface area (Å²) in [5.41, 5.74) is 0.699. The van der Waals surface area contributed by atoms with Crippen LogP contribution in [-0.2, 0) is 20.7 Å². The van der Waals surface area contributed by atoms with E-state index >= 15 is 0 Å². The van der Waals surface area contributed by atoms with E-state index in [4.69, 9.17) is 23.2 Å². The van der Waals surface area contributed by atoms with E-state index in [1.165, 1.54) is 0 Å². The molecule has 0 saturated heterocycles. The summed E-state index contributed by atoms with van der Waals surface area (Å²) in [5.74, 6) is 0. The van der Waals surface area contributed by atoms with E-state index in [0.717, 1.165) is 6.26 Å². The van der Waals surface area contributed by atoms with Crippen molar-refractivity contribution in [3.63, 3.8) is 0 Å². The monoisotopic (exact) mass is 268 g/mol. The summed E-state index contributed by atoms with van der Waals surface area (Å²) in [5, 5.41) is 1.03. The first kappa shape index (κ1) is 12.8. The van der Waals surface area contributed by atoms with Crippen LogP contribution in [0.15, 0.2) is 18.2 Å². The molecule has 0 unspecified atom stereocenters. The summed E-state index contributed by atoms with van der Waals surface area (Å²) in [6.45, 7) is 0.0439. The van der Waals surface area contributed by atoms with Gasteiger partial charge >= 0.3 is 0 Å². The number of hydrogen-bond acceptors (Lipinski definition) is 3. The summed E-state index contributed by atoms with van der Waals surface area (Å²) in [6, 6.07) is 5.12. The first-order valence-electron chi connectivity index (χ1n) is 4.17. The number of hydrogen-bond donors (Lipinski definition) is 0. The highest BCUT2D eigenvalue weighted by atomic mass is 35.5. The average molecular weight is 269 g/mol. The van der Waals surface area contributed by atoms with Gasteiger partial charge in [-0.2, -0.15) is 8.42 Å². The Kier molecular flexibility index (Phi) is 4.40. The average Bonchev–Trinajstić information content (AvgIpc) is 2.08. The molecule has 0 aromatic heterocycles. The van der Waals surface area contributed by atoms with E-state index < -0.39 is 10.1 Å². The molecule has 1 rings (SSSR count). The van der Waals surface area contributed by atoms with Crippen LogP contribution in [0.3, 0.4) is 0 Å². The van der Waals surface area contributed by atoms with E-state index in [-0.39, 0.29) is 6.61 Å². The molecule has 1 aromatic rings. The van der Waals surface area contributed by atoms with Gasteiger partial charge in [-0.1, -0.05) is 29.3 Å². The van der Waals surface area contributed by atoms with Gasteiger partial charge in [0, 0.05) is 16.5 Å². The summed E-state index contributed by atoms with van der Waals surface area (Å²) < 4.78 is 26.0. The van der Waals surface area contributed by atoms with E-state index in [1.807, 2.05) is 0 Å². The molecule has 0 heterocycles. The van der Waals surface area contributed by atoms with Gasteiger partial charge in [-0.25, -0.2) is 0 Å². The standard InChI is InChI=1S/C9H10Cl2O3S/c1-15(12,13)14-6-5-7-8(10)3-2-4-9(7)11/h2-4H,5-6H2,1H3. The summed E-state index contributed by atoms with van der Waals surface area (Å²) in [4.78, 5) is 0. The number of halogens is 2. The van der Waals surface area contributed by atoms with Crippen molar-refractivity contribution in [3.05, 3.63) is 33.8 Å². The molecular weight excluding hydrogens is 259 g/mol. The molecule has 84 valence electrons. The Bertz CT molecular complexity index is 422. The fourth-order valence-corrected chi connectivity index (χ4v) is 2.04. The van der Waals surface area contributed by atoms with Crippen LogP contribution in [0.5, 0.6) is 0 Å². The van der Waals surface area contributed by atoms with E-state index in [0.29, 0.717) is 22.0 Å². The first-order valence-corrected chi connectivity index (χ1v) is 6.74. The van der Waals surface area contributed by atoms with Crippen molar-refractivity contribution in [3.8, 4) is 0 Å². The van der Waals surface area contributed by atoms with Crippen molar-refractivity contribution >= 4 is 33.3 Å². The molecule has 0 radical (unpaired) electrons. The van der Waals surface area contributed by atoms with Crippen LogP contribution in [-0.4, -0.2) is 21.3 Å². The molecule has 0 atom stereocenters. The fraction of sp³-hybridized carbons (Fsp3) is 0.333. The molecule has 0 amide bonds. The Morgan fingerprint density at radius 3 is 2.27 bits per heavy atom. The second kappa shape index (κ2) is 5.16. The lowest BCUT2D eigenvalue weighted by Crippen LogP contribution is -2.06. The Morgan fingerprint density at radius 1 is 1.27 bits per heavy atom. The van der Waals surface area contributed by atoms with Gasteiger partial charge in [0.25, 0.3) is 10.1 Å². The molecule has 0 saturated carbocycles. The highest BCUT2D eigenvalue weighted by Crippen LogP contribution is 2.24. The summed E-state index contributed by atoms with van der Waals surface area (Å²) in [7, 11) is -3.41. The van der Waals surface area contributed by atoms with Crippen molar-refractivity contribution in [1.82, 2.24) is 0 Å². The summed E-state index contributed by atoms with van der Waals surface area (Å²) in [6.07, 6.45) is 1.37. The Labute approximate surface area is 99.1 Å². The van der Waals surface area contributed by atoms with Gasteiger partial charge in [0.1, 0.15) is 0 Å². The van der Waals surface area contributed by atoms with Crippen LogP contribution >= 0.6 is 23.2 Å². The van der Waals surface area contributed by atoms with Gasteiger partial charge in [-0.3, -0.25) is 4.18 Å². The smallest absolute Gasteiger partial charge is 0.264 e. The molecule has 0 N–H and O–H groups in total.